The lowest BCUT2D eigenvalue weighted by atomic mass is 10.2. The van der Waals surface area contributed by atoms with Gasteiger partial charge in [-0.25, -0.2) is 4.98 Å². The number of nitrogens with zero attached hydrogens (tertiary/aromatic N) is 1. The molecule has 1 aromatic carbocycles. The minimum absolute atomic E-state index is 0.200. The van der Waals surface area contributed by atoms with Gasteiger partial charge in [0.05, 0.1) is 18.4 Å². The van der Waals surface area contributed by atoms with Crippen LogP contribution in [0.15, 0.2) is 29.2 Å². The van der Waals surface area contributed by atoms with Crippen LogP contribution < -0.4 is 5.32 Å². The molecule has 0 spiro atoms. The predicted molar refractivity (Wildman–Crippen MR) is 105 cm³/mol. The lowest BCUT2D eigenvalue weighted by molar-refractivity contribution is -0.139. The van der Waals surface area contributed by atoms with E-state index in [1.807, 2.05) is 18.2 Å². The molecule has 0 radical (unpaired) electrons. The van der Waals surface area contributed by atoms with Gasteiger partial charge in [-0.15, -0.1) is 23.1 Å². The first kappa shape index (κ1) is 18.9. The third kappa shape index (κ3) is 4.45. The Hall–Kier alpha value is -1.86. The minimum Gasteiger partial charge on any atom is -0.468 e. The fraction of sp³-hybridized carbons (Fsp3) is 0.421. The molecule has 1 aliphatic rings. The molecular weight excluding hydrogens is 368 g/mol. The van der Waals surface area contributed by atoms with Crippen LogP contribution in [-0.4, -0.2) is 29.2 Å². The summed E-state index contributed by atoms with van der Waals surface area (Å²) in [7, 11) is 1.37. The molecule has 3 rings (SSSR count). The van der Waals surface area contributed by atoms with Gasteiger partial charge in [0, 0.05) is 9.77 Å². The molecule has 1 heterocycles. The normalized spacial score (nSPS) is 14.8. The van der Waals surface area contributed by atoms with Gasteiger partial charge in [-0.05, 0) is 44.7 Å². The number of rotatable bonds is 5. The number of hydrogen-bond donors (Lipinski definition) is 1. The van der Waals surface area contributed by atoms with Crippen molar-refractivity contribution in [1.82, 2.24) is 4.98 Å². The molecule has 1 aliphatic carbocycles. The topological polar surface area (TPSA) is 68.3 Å². The quantitative estimate of drug-likeness (QED) is 0.468. The second-order valence-electron chi connectivity index (χ2n) is 6.18. The molecule has 0 unspecified atom stereocenters. The Labute approximate surface area is 161 Å². The molecule has 0 saturated heterocycles. The van der Waals surface area contributed by atoms with E-state index < -0.39 is 0 Å². The van der Waals surface area contributed by atoms with E-state index in [4.69, 9.17) is 4.74 Å². The molecule has 7 heteroatoms. The number of benzene rings is 1. The maximum atomic E-state index is 12.8. The Bertz CT molecular complexity index is 780. The van der Waals surface area contributed by atoms with Crippen LogP contribution in [0.25, 0.3) is 0 Å². The average Bonchev–Trinajstić information content (AvgIpc) is 2.89. The molecule has 0 saturated carbocycles. The fourth-order valence-corrected chi connectivity index (χ4v) is 4.97. The van der Waals surface area contributed by atoms with Crippen molar-refractivity contribution in [3.05, 3.63) is 40.4 Å². The Kier molecular flexibility index (Phi) is 6.32. The number of thiazole rings is 1. The van der Waals surface area contributed by atoms with Crippen LogP contribution in [0.1, 0.15) is 47.1 Å². The number of fused-ring (bicyclic) bond motifs is 1. The molecule has 1 atom stereocenters. The number of aryl methyl sites for hydroxylation is 2. The van der Waals surface area contributed by atoms with E-state index >= 15 is 0 Å². The highest BCUT2D eigenvalue weighted by molar-refractivity contribution is 8.00. The monoisotopic (exact) mass is 390 g/mol. The van der Waals surface area contributed by atoms with Crippen LogP contribution in [0.3, 0.4) is 0 Å². The highest BCUT2D eigenvalue weighted by Crippen LogP contribution is 2.31. The number of hydrogen-bond acceptors (Lipinski definition) is 6. The van der Waals surface area contributed by atoms with Crippen LogP contribution in [0, 0.1) is 0 Å². The van der Waals surface area contributed by atoms with Crippen molar-refractivity contribution in [3.63, 3.8) is 0 Å². The van der Waals surface area contributed by atoms with Crippen LogP contribution in [0.5, 0.6) is 0 Å². The fourth-order valence-electron chi connectivity index (χ4n) is 2.91. The van der Waals surface area contributed by atoms with Gasteiger partial charge < -0.3 is 4.74 Å². The van der Waals surface area contributed by atoms with Gasteiger partial charge in [0.1, 0.15) is 5.25 Å². The van der Waals surface area contributed by atoms with Gasteiger partial charge in [0.2, 0.25) is 0 Å². The number of thioether (sulfide) groups is 1. The van der Waals surface area contributed by atoms with Crippen molar-refractivity contribution in [2.24, 2.45) is 0 Å². The SMILES string of the molecule is COC(=O)[C@H](C)Sc1ccccc1C(=O)Nc1nc2c(s1)CCCCC2. The molecule has 0 fully saturated rings. The summed E-state index contributed by atoms with van der Waals surface area (Å²) >= 11 is 2.90. The van der Waals surface area contributed by atoms with Gasteiger partial charge in [-0.1, -0.05) is 18.6 Å². The third-order valence-electron chi connectivity index (χ3n) is 4.28. The van der Waals surface area contributed by atoms with E-state index in [0.29, 0.717) is 10.7 Å². The number of ether oxygens (including phenoxy) is 1. The van der Waals surface area contributed by atoms with E-state index in [0.717, 1.165) is 29.9 Å². The van der Waals surface area contributed by atoms with Crippen molar-refractivity contribution in [2.75, 3.05) is 12.4 Å². The summed E-state index contributed by atoms with van der Waals surface area (Å²) in [4.78, 5) is 31.1. The number of methoxy groups -OCH3 is 1. The van der Waals surface area contributed by atoms with E-state index in [1.165, 1.54) is 36.6 Å². The molecule has 1 amide bonds. The Morgan fingerprint density at radius 3 is 2.81 bits per heavy atom. The number of carbonyl (C=O) groups excluding carboxylic acids is 2. The zero-order valence-corrected chi connectivity index (χ0v) is 16.5. The zero-order chi connectivity index (χ0) is 18.5. The summed E-state index contributed by atoms with van der Waals surface area (Å²) < 4.78 is 4.77. The first-order chi connectivity index (χ1) is 12.6. The molecule has 0 bridgehead atoms. The van der Waals surface area contributed by atoms with Gasteiger partial charge >= 0.3 is 5.97 Å². The third-order valence-corrected chi connectivity index (χ3v) is 6.51. The smallest absolute Gasteiger partial charge is 0.318 e. The highest BCUT2D eigenvalue weighted by atomic mass is 32.2. The first-order valence-electron chi connectivity index (χ1n) is 8.72. The minimum atomic E-state index is -0.384. The average molecular weight is 391 g/mol. The van der Waals surface area contributed by atoms with E-state index in [2.05, 4.69) is 10.3 Å². The van der Waals surface area contributed by atoms with Gasteiger partial charge in [0.15, 0.2) is 5.13 Å². The number of esters is 1. The maximum absolute atomic E-state index is 12.8. The summed E-state index contributed by atoms with van der Waals surface area (Å²) in [5.41, 5.74) is 1.67. The lowest BCUT2D eigenvalue weighted by Crippen LogP contribution is -2.17. The van der Waals surface area contributed by atoms with Crippen LogP contribution >= 0.6 is 23.1 Å². The van der Waals surface area contributed by atoms with Crippen LogP contribution in [0.4, 0.5) is 5.13 Å². The van der Waals surface area contributed by atoms with Crippen LogP contribution in [0.2, 0.25) is 0 Å². The van der Waals surface area contributed by atoms with E-state index in [9.17, 15) is 9.59 Å². The molecule has 1 N–H and O–H groups in total. The van der Waals surface area contributed by atoms with Crippen LogP contribution in [-0.2, 0) is 22.4 Å². The molecule has 2 aromatic rings. The van der Waals surface area contributed by atoms with Crippen molar-refractivity contribution in [3.8, 4) is 0 Å². The lowest BCUT2D eigenvalue weighted by Gasteiger charge is -2.12. The van der Waals surface area contributed by atoms with Gasteiger partial charge in [0.25, 0.3) is 5.91 Å². The van der Waals surface area contributed by atoms with Gasteiger partial charge in [-0.2, -0.15) is 0 Å². The zero-order valence-electron chi connectivity index (χ0n) is 14.9. The number of amides is 1. The summed E-state index contributed by atoms with van der Waals surface area (Å²) in [5.74, 6) is -0.511. The molecular formula is C19H22N2O3S2. The Balaban J connectivity index is 1.75. The molecule has 1 aromatic heterocycles. The summed E-state index contributed by atoms with van der Waals surface area (Å²) in [5, 5.41) is 3.20. The number of anilines is 1. The largest absolute Gasteiger partial charge is 0.468 e. The number of carbonyl (C=O) groups is 2. The summed E-state index contributed by atoms with van der Waals surface area (Å²) in [6.07, 6.45) is 5.63. The number of aromatic nitrogens is 1. The van der Waals surface area contributed by atoms with E-state index in [1.54, 1.807) is 24.3 Å². The highest BCUT2D eigenvalue weighted by Gasteiger charge is 2.20. The van der Waals surface area contributed by atoms with Crippen molar-refractivity contribution < 1.29 is 14.3 Å². The van der Waals surface area contributed by atoms with Crippen molar-refractivity contribution >= 4 is 40.1 Å². The van der Waals surface area contributed by atoms with Crippen molar-refractivity contribution in [2.45, 2.75) is 49.2 Å². The standard InChI is InChI=1S/C19H22N2O3S2/c1-12(18(23)24-2)25-15-10-7-6-8-13(15)17(22)21-19-20-14-9-4-3-5-11-16(14)26-19/h6-8,10,12H,3-5,9,11H2,1-2H3,(H,20,21,22)/t12-/m0/s1. The van der Waals surface area contributed by atoms with E-state index in [-0.39, 0.29) is 17.1 Å². The second-order valence-corrected chi connectivity index (χ2v) is 8.65. The first-order valence-corrected chi connectivity index (χ1v) is 10.4. The Morgan fingerprint density at radius 2 is 2.00 bits per heavy atom. The maximum Gasteiger partial charge on any atom is 0.318 e. The van der Waals surface area contributed by atoms with Crippen molar-refractivity contribution in [1.29, 1.82) is 0 Å². The molecule has 5 nitrogen and oxygen atoms in total. The Morgan fingerprint density at radius 1 is 1.23 bits per heavy atom. The summed E-state index contributed by atoms with van der Waals surface area (Å²) in [6, 6.07) is 7.28. The number of nitrogens with one attached hydrogen (secondary N) is 1. The summed E-state index contributed by atoms with van der Waals surface area (Å²) in [6.45, 7) is 1.77. The van der Waals surface area contributed by atoms with Gasteiger partial charge in [-0.3, -0.25) is 14.9 Å². The predicted octanol–water partition coefficient (Wildman–Crippen LogP) is 4.32. The molecule has 26 heavy (non-hydrogen) atoms. The molecule has 0 aliphatic heterocycles. The second kappa shape index (κ2) is 8.68. The molecule has 138 valence electrons.